The van der Waals surface area contributed by atoms with Gasteiger partial charge in [-0.1, -0.05) is 36.2 Å². The molecule has 1 rings (SSSR count). The summed E-state index contributed by atoms with van der Waals surface area (Å²) in [4.78, 5) is 2.65. The number of halogens is 1. The quantitative estimate of drug-likeness (QED) is 0.625. The van der Waals surface area contributed by atoms with Gasteiger partial charge in [0.1, 0.15) is 0 Å². The zero-order chi connectivity index (χ0) is 9.68. The van der Waals surface area contributed by atoms with Crippen molar-refractivity contribution in [3.8, 4) is 0 Å². The number of alkyl halides is 1. The van der Waals surface area contributed by atoms with Gasteiger partial charge in [0, 0.05) is 17.9 Å². The lowest BCUT2D eigenvalue weighted by Crippen LogP contribution is -2.32. The van der Waals surface area contributed by atoms with Crippen LogP contribution in [0, 0.1) is 5.92 Å². The van der Waals surface area contributed by atoms with Crippen LogP contribution in [0.25, 0.3) is 0 Å². The highest BCUT2D eigenvalue weighted by molar-refractivity contribution is 9.09. The Hall–Kier alpha value is 0.440. The van der Waals surface area contributed by atoms with Crippen molar-refractivity contribution in [1.29, 1.82) is 0 Å². The highest BCUT2D eigenvalue weighted by Crippen LogP contribution is 2.28. The van der Waals surface area contributed by atoms with E-state index >= 15 is 0 Å². The zero-order valence-electron chi connectivity index (χ0n) is 8.93. The largest absolute Gasteiger partial charge is 0.300 e. The van der Waals surface area contributed by atoms with Gasteiger partial charge in [-0.3, -0.25) is 0 Å². The molecule has 1 aliphatic carbocycles. The molecule has 1 aliphatic rings. The third-order valence-electron chi connectivity index (χ3n) is 2.88. The average molecular weight is 248 g/mol. The highest BCUT2D eigenvalue weighted by Gasteiger charge is 2.28. The first kappa shape index (κ1) is 11.5. The molecule has 0 amide bonds. The zero-order valence-corrected chi connectivity index (χ0v) is 10.5. The van der Waals surface area contributed by atoms with Crippen LogP contribution in [0.4, 0.5) is 0 Å². The maximum atomic E-state index is 3.62. The molecule has 1 atom stereocenters. The second kappa shape index (κ2) is 6.02. The van der Waals surface area contributed by atoms with Crippen LogP contribution >= 0.6 is 15.9 Å². The fourth-order valence-corrected chi connectivity index (χ4v) is 2.46. The van der Waals surface area contributed by atoms with Crippen molar-refractivity contribution in [2.24, 2.45) is 5.92 Å². The fraction of sp³-hybridized carbons (Fsp3) is 1.00. The molecule has 0 bridgehead atoms. The van der Waals surface area contributed by atoms with Crippen LogP contribution in [-0.4, -0.2) is 29.4 Å². The smallest absolute Gasteiger partial charge is 0.00964 e. The predicted octanol–water partition coefficient (Wildman–Crippen LogP) is 3.28. The van der Waals surface area contributed by atoms with Crippen molar-refractivity contribution in [3.63, 3.8) is 0 Å². The first-order valence-electron chi connectivity index (χ1n) is 5.61. The molecule has 0 heterocycles. The SMILES string of the molecule is CCCC(CBr)CN(CC)C1CC1. The van der Waals surface area contributed by atoms with Crippen molar-refractivity contribution in [1.82, 2.24) is 4.90 Å². The lowest BCUT2D eigenvalue weighted by Gasteiger charge is -2.24. The van der Waals surface area contributed by atoms with Crippen molar-refractivity contribution in [2.45, 2.75) is 45.6 Å². The lowest BCUT2D eigenvalue weighted by atomic mass is 10.1. The molecule has 78 valence electrons. The Balaban J connectivity index is 2.24. The van der Waals surface area contributed by atoms with E-state index < -0.39 is 0 Å². The van der Waals surface area contributed by atoms with Gasteiger partial charge < -0.3 is 4.90 Å². The minimum absolute atomic E-state index is 0.866. The monoisotopic (exact) mass is 247 g/mol. The van der Waals surface area contributed by atoms with E-state index in [1.165, 1.54) is 44.1 Å². The van der Waals surface area contributed by atoms with Gasteiger partial charge in [-0.25, -0.2) is 0 Å². The maximum absolute atomic E-state index is 3.62. The van der Waals surface area contributed by atoms with E-state index in [4.69, 9.17) is 0 Å². The summed E-state index contributed by atoms with van der Waals surface area (Å²) < 4.78 is 0. The van der Waals surface area contributed by atoms with Gasteiger partial charge in [0.15, 0.2) is 0 Å². The lowest BCUT2D eigenvalue weighted by molar-refractivity contribution is 0.235. The van der Waals surface area contributed by atoms with E-state index in [0.29, 0.717) is 0 Å². The Morgan fingerprint density at radius 3 is 2.46 bits per heavy atom. The van der Waals surface area contributed by atoms with E-state index in [-0.39, 0.29) is 0 Å². The molecule has 0 aromatic rings. The molecule has 0 radical (unpaired) electrons. The van der Waals surface area contributed by atoms with E-state index in [9.17, 15) is 0 Å². The molecule has 1 nitrogen and oxygen atoms in total. The third-order valence-corrected chi connectivity index (χ3v) is 3.79. The first-order chi connectivity index (χ1) is 6.31. The predicted molar refractivity (Wildman–Crippen MR) is 62.5 cm³/mol. The van der Waals surface area contributed by atoms with Gasteiger partial charge in [0.05, 0.1) is 0 Å². The highest BCUT2D eigenvalue weighted by atomic mass is 79.9. The Morgan fingerprint density at radius 1 is 1.38 bits per heavy atom. The van der Waals surface area contributed by atoms with Crippen LogP contribution in [0.5, 0.6) is 0 Å². The van der Waals surface area contributed by atoms with Crippen LogP contribution in [0.1, 0.15) is 39.5 Å². The summed E-state index contributed by atoms with van der Waals surface area (Å²) in [6.45, 7) is 7.11. The van der Waals surface area contributed by atoms with Crippen LogP contribution in [0.15, 0.2) is 0 Å². The van der Waals surface area contributed by atoms with Gasteiger partial charge in [-0.2, -0.15) is 0 Å². The van der Waals surface area contributed by atoms with E-state index in [1.807, 2.05) is 0 Å². The Bertz CT molecular complexity index is 134. The Morgan fingerprint density at radius 2 is 2.08 bits per heavy atom. The molecule has 1 unspecified atom stereocenters. The van der Waals surface area contributed by atoms with Gasteiger partial charge in [-0.05, 0) is 31.7 Å². The fourth-order valence-electron chi connectivity index (χ4n) is 1.93. The van der Waals surface area contributed by atoms with Crippen molar-refractivity contribution < 1.29 is 0 Å². The summed E-state index contributed by atoms with van der Waals surface area (Å²) in [7, 11) is 0. The van der Waals surface area contributed by atoms with Gasteiger partial charge in [-0.15, -0.1) is 0 Å². The molecule has 2 heteroatoms. The van der Waals surface area contributed by atoms with E-state index in [0.717, 1.165) is 12.0 Å². The summed E-state index contributed by atoms with van der Waals surface area (Å²) in [5.74, 6) is 0.866. The molecule has 0 aliphatic heterocycles. The molecule has 1 saturated carbocycles. The number of hydrogen-bond acceptors (Lipinski definition) is 1. The van der Waals surface area contributed by atoms with E-state index in [1.54, 1.807) is 0 Å². The van der Waals surface area contributed by atoms with Crippen molar-refractivity contribution >= 4 is 15.9 Å². The standard InChI is InChI=1S/C11H22BrN/c1-3-5-10(8-12)9-13(4-2)11-6-7-11/h10-11H,3-9H2,1-2H3. The molecule has 0 aromatic heterocycles. The molecular weight excluding hydrogens is 226 g/mol. The topological polar surface area (TPSA) is 3.24 Å². The summed E-state index contributed by atoms with van der Waals surface area (Å²) in [6, 6.07) is 0.934. The molecule has 0 N–H and O–H groups in total. The first-order valence-corrected chi connectivity index (χ1v) is 6.73. The minimum Gasteiger partial charge on any atom is -0.300 e. The van der Waals surface area contributed by atoms with Crippen molar-refractivity contribution in [2.75, 3.05) is 18.4 Å². The number of hydrogen-bond donors (Lipinski definition) is 0. The Kier molecular flexibility index (Phi) is 5.34. The van der Waals surface area contributed by atoms with Crippen LogP contribution < -0.4 is 0 Å². The van der Waals surface area contributed by atoms with E-state index in [2.05, 4.69) is 34.7 Å². The van der Waals surface area contributed by atoms with Gasteiger partial charge >= 0.3 is 0 Å². The van der Waals surface area contributed by atoms with Gasteiger partial charge in [0.2, 0.25) is 0 Å². The van der Waals surface area contributed by atoms with Crippen LogP contribution in [0.3, 0.4) is 0 Å². The second-order valence-electron chi connectivity index (χ2n) is 4.13. The summed E-state index contributed by atoms with van der Waals surface area (Å²) in [5.41, 5.74) is 0. The summed E-state index contributed by atoms with van der Waals surface area (Å²) >= 11 is 3.62. The Labute approximate surface area is 91.0 Å². The van der Waals surface area contributed by atoms with Crippen LogP contribution in [0.2, 0.25) is 0 Å². The molecule has 0 spiro atoms. The third kappa shape index (κ3) is 3.99. The number of nitrogens with zero attached hydrogens (tertiary/aromatic N) is 1. The molecule has 0 saturated heterocycles. The second-order valence-corrected chi connectivity index (χ2v) is 4.78. The molecule has 1 fully saturated rings. The molecule has 13 heavy (non-hydrogen) atoms. The summed E-state index contributed by atoms with van der Waals surface area (Å²) in [6.07, 6.45) is 5.57. The van der Waals surface area contributed by atoms with Crippen LogP contribution in [-0.2, 0) is 0 Å². The maximum Gasteiger partial charge on any atom is 0.00964 e. The molecule has 0 aromatic carbocycles. The van der Waals surface area contributed by atoms with Gasteiger partial charge in [0.25, 0.3) is 0 Å². The summed E-state index contributed by atoms with van der Waals surface area (Å²) in [5, 5.41) is 1.17. The average Bonchev–Trinajstić information content (AvgIpc) is 2.95. The molecular formula is C11H22BrN. The minimum atomic E-state index is 0.866. The number of rotatable bonds is 7. The normalized spacial score (nSPS) is 19.4. The van der Waals surface area contributed by atoms with Crippen molar-refractivity contribution in [3.05, 3.63) is 0 Å².